The fourth-order valence-corrected chi connectivity index (χ4v) is 2.02. The maximum Gasteiger partial charge on any atom is 0.0641 e. The smallest absolute Gasteiger partial charge is 0.0641 e. The minimum Gasteiger partial charge on any atom is -0.380 e. The Labute approximate surface area is 128 Å². The molecule has 0 saturated heterocycles. The lowest BCUT2D eigenvalue weighted by atomic mass is 10.2. The summed E-state index contributed by atoms with van der Waals surface area (Å²) in [5.41, 5.74) is 2.24. The molecular formula is C16H29N3O2. The van der Waals surface area contributed by atoms with Crippen LogP contribution in [-0.4, -0.2) is 51.0 Å². The topological polar surface area (TPSA) is 46.6 Å². The van der Waals surface area contributed by atoms with Gasteiger partial charge in [0.15, 0.2) is 0 Å². The number of ether oxygens (including phenoxy) is 2. The third-order valence-corrected chi connectivity index (χ3v) is 3.14. The van der Waals surface area contributed by atoms with Crippen LogP contribution in [0.1, 0.15) is 26.5 Å². The number of hydrogen-bond donors (Lipinski definition) is 1. The highest BCUT2D eigenvalue weighted by Gasteiger charge is 2.07. The summed E-state index contributed by atoms with van der Waals surface area (Å²) in [5.74, 6) is 0. The van der Waals surface area contributed by atoms with Crippen LogP contribution in [0.2, 0.25) is 0 Å². The second-order valence-electron chi connectivity index (χ2n) is 4.67. The molecule has 1 rings (SSSR count). The van der Waals surface area contributed by atoms with Crippen molar-refractivity contribution in [2.24, 2.45) is 0 Å². The highest BCUT2D eigenvalue weighted by atomic mass is 16.5. The molecule has 0 aromatic carbocycles. The van der Waals surface area contributed by atoms with E-state index >= 15 is 0 Å². The van der Waals surface area contributed by atoms with Crippen molar-refractivity contribution in [3.8, 4) is 0 Å². The van der Waals surface area contributed by atoms with Gasteiger partial charge in [0.05, 0.1) is 18.9 Å². The average molecular weight is 295 g/mol. The summed E-state index contributed by atoms with van der Waals surface area (Å²) >= 11 is 0. The summed E-state index contributed by atoms with van der Waals surface area (Å²) in [6.45, 7) is 12.6. The van der Waals surface area contributed by atoms with E-state index in [1.54, 1.807) is 0 Å². The van der Waals surface area contributed by atoms with Crippen molar-refractivity contribution in [3.63, 3.8) is 0 Å². The molecule has 0 saturated carbocycles. The zero-order chi connectivity index (χ0) is 15.3. The molecule has 0 aliphatic carbocycles. The van der Waals surface area contributed by atoms with Crippen LogP contribution >= 0.6 is 0 Å². The van der Waals surface area contributed by atoms with E-state index in [0.29, 0.717) is 0 Å². The standard InChI is InChI=1S/C16H29N3O2/c1-4-17-14-15-13-16(7-8-18-15)19(9-11-20-5-2)10-12-21-6-3/h7-8,13,17H,4-6,9-12,14H2,1-3H3. The number of rotatable bonds is 12. The molecule has 0 fully saturated rings. The molecule has 0 aliphatic heterocycles. The van der Waals surface area contributed by atoms with Crippen molar-refractivity contribution in [2.45, 2.75) is 27.3 Å². The molecule has 1 N–H and O–H groups in total. The van der Waals surface area contributed by atoms with Crippen LogP contribution < -0.4 is 10.2 Å². The van der Waals surface area contributed by atoms with Gasteiger partial charge in [-0.25, -0.2) is 0 Å². The first kappa shape index (κ1) is 17.9. The minimum atomic E-state index is 0.730. The van der Waals surface area contributed by atoms with Gasteiger partial charge < -0.3 is 19.7 Å². The molecule has 5 nitrogen and oxygen atoms in total. The van der Waals surface area contributed by atoms with E-state index in [9.17, 15) is 0 Å². The Kier molecular flexibility index (Phi) is 9.78. The quantitative estimate of drug-likeness (QED) is 0.598. The molecular weight excluding hydrogens is 266 g/mol. The lowest BCUT2D eigenvalue weighted by Gasteiger charge is -2.25. The van der Waals surface area contributed by atoms with E-state index in [4.69, 9.17) is 9.47 Å². The molecule has 120 valence electrons. The fraction of sp³-hybridized carbons (Fsp3) is 0.688. The first-order valence-corrected chi connectivity index (χ1v) is 7.87. The van der Waals surface area contributed by atoms with Crippen LogP contribution in [0.25, 0.3) is 0 Å². The van der Waals surface area contributed by atoms with Crippen molar-refractivity contribution in [1.82, 2.24) is 10.3 Å². The maximum absolute atomic E-state index is 5.48. The lowest BCUT2D eigenvalue weighted by Crippen LogP contribution is -2.31. The highest BCUT2D eigenvalue weighted by molar-refractivity contribution is 5.46. The molecule has 0 spiro atoms. The van der Waals surface area contributed by atoms with Crippen LogP contribution in [-0.2, 0) is 16.0 Å². The normalized spacial score (nSPS) is 10.8. The molecule has 0 aliphatic rings. The van der Waals surface area contributed by atoms with Crippen LogP contribution in [0, 0.1) is 0 Å². The molecule has 1 aromatic rings. The summed E-state index contributed by atoms with van der Waals surface area (Å²) in [4.78, 5) is 6.69. The summed E-state index contributed by atoms with van der Waals surface area (Å²) < 4.78 is 11.0. The molecule has 21 heavy (non-hydrogen) atoms. The largest absolute Gasteiger partial charge is 0.380 e. The fourth-order valence-electron chi connectivity index (χ4n) is 2.02. The summed E-state index contributed by atoms with van der Waals surface area (Å²) in [6.07, 6.45) is 1.87. The van der Waals surface area contributed by atoms with Crippen molar-refractivity contribution in [1.29, 1.82) is 0 Å². The highest BCUT2D eigenvalue weighted by Crippen LogP contribution is 2.14. The third kappa shape index (κ3) is 7.41. The zero-order valence-corrected chi connectivity index (χ0v) is 13.6. The Morgan fingerprint density at radius 3 is 2.33 bits per heavy atom. The Balaban J connectivity index is 2.65. The summed E-state index contributed by atoms with van der Waals surface area (Å²) in [5, 5.41) is 3.30. The Morgan fingerprint density at radius 2 is 1.76 bits per heavy atom. The number of pyridine rings is 1. The second-order valence-corrected chi connectivity index (χ2v) is 4.67. The summed E-state index contributed by atoms with van der Waals surface area (Å²) in [6, 6.07) is 4.19. The molecule has 5 heteroatoms. The molecule has 0 unspecified atom stereocenters. The van der Waals surface area contributed by atoms with Gasteiger partial charge in [0, 0.05) is 44.7 Å². The van der Waals surface area contributed by atoms with E-state index in [0.717, 1.165) is 58.3 Å². The van der Waals surface area contributed by atoms with Crippen molar-refractivity contribution in [3.05, 3.63) is 24.0 Å². The lowest BCUT2D eigenvalue weighted by molar-refractivity contribution is 0.141. The SMILES string of the molecule is CCNCc1cc(N(CCOCC)CCOCC)ccn1. The third-order valence-electron chi connectivity index (χ3n) is 3.14. The van der Waals surface area contributed by atoms with Gasteiger partial charge in [-0.15, -0.1) is 0 Å². The Morgan fingerprint density at radius 1 is 1.10 bits per heavy atom. The van der Waals surface area contributed by atoms with Gasteiger partial charge in [-0.2, -0.15) is 0 Å². The van der Waals surface area contributed by atoms with E-state index in [2.05, 4.69) is 28.2 Å². The number of nitrogens with one attached hydrogen (secondary N) is 1. The number of nitrogens with zero attached hydrogens (tertiary/aromatic N) is 2. The van der Waals surface area contributed by atoms with Crippen molar-refractivity contribution in [2.75, 3.05) is 51.0 Å². The van der Waals surface area contributed by atoms with E-state index < -0.39 is 0 Å². The molecule has 0 bridgehead atoms. The predicted octanol–water partition coefficient (Wildman–Crippen LogP) is 2.07. The number of anilines is 1. The molecule has 0 atom stereocenters. The minimum absolute atomic E-state index is 0.730. The first-order valence-electron chi connectivity index (χ1n) is 7.87. The van der Waals surface area contributed by atoms with Gasteiger partial charge in [0.1, 0.15) is 0 Å². The molecule has 1 aromatic heterocycles. The molecule has 1 heterocycles. The Bertz CT molecular complexity index is 364. The van der Waals surface area contributed by atoms with Gasteiger partial charge in [-0.1, -0.05) is 6.92 Å². The molecule has 0 amide bonds. The van der Waals surface area contributed by atoms with Crippen LogP contribution in [0.4, 0.5) is 5.69 Å². The van der Waals surface area contributed by atoms with Gasteiger partial charge in [0.25, 0.3) is 0 Å². The van der Waals surface area contributed by atoms with Crippen LogP contribution in [0.3, 0.4) is 0 Å². The first-order chi connectivity index (χ1) is 10.3. The van der Waals surface area contributed by atoms with E-state index in [-0.39, 0.29) is 0 Å². The zero-order valence-electron chi connectivity index (χ0n) is 13.6. The van der Waals surface area contributed by atoms with Crippen LogP contribution in [0.15, 0.2) is 18.3 Å². The Hall–Kier alpha value is -1.17. The average Bonchev–Trinajstić information content (AvgIpc) is 2.52. The second kappa shape index (κ2) is 11.5. The predicted molar refractivity (Wildman–Crippen MR) is 86.8 cm³/mol. The monoisotopic (exact) mass is 295 g/mol. The van der Waals surface area contributed by atoms with E-state index in [1.165, 1.54) is 5.69 Å². The number of aromatic nitrogens is 1. The van der Waals surface area contributed by atoms with Crippen LogP contribution in [0.5, 0.6) is 0 Å². The van der Waals surface area contributed by atoms with Crippen molar-refractivity contribution >= 4 is 5.69 Å². The van der Waals surface area contributed by atoms with Crippen molar-refractivity contribution < 1.29 is 9.47 Å². The van der Waals surface area contributed by atoms with Gasteiger partial charge >= 0.3 is 0 Å². The van der Waals surface area contributed by atoms with E-state index in [1.807, 2.05) is 26.1 Å². The molecule has 0 radical (unpaired) electrons. The van der Waals surface area contributed by atoms with Gasteiger partial charge in [-0.3, -0.25) is 4.98 Å². The summed E-state index contributed by atoms with van der Waals surface area (Å²) in [7, 11) is 0. The maximum atomic E-state index is 5.48. The van der Waals surface area contributed by atoms with Gasteiger partial charge in [0.2, 0.25) is 0 Å². The van der Waals surface area contributed by atoms with Gasteiger partial charge in [-0.05, 0) is 32.5 Å². The number of hydrogen-bond acceptors (Lipinski definition) is 5.